The summed E-state index contributed by atoms with van der Waals surface area (Å²) in [6.45, 7) is 6.27. The monoisotopic (exact) mass is 574 g/mol. The molecule has 1 aliphatic rings. The van der Waals surface area contributed by atoms with Crippen molar-refractivity contribution in [3.8, 4) is 28.6 Å². The molecule has 0 spiro atoms. The van der Waals surface area contributed by atoms with Crippen LogP contribution in [0.25, 0.3) is 11.1 Å². The maximum absolute atomic E-state index is 15.5. The summed E-state index contributed by atoms with van der Waals surface area (Å²) in [5.74, 6) is -1.37. The lowest BCUT2D eigenvalue weighted by molar-refractivity contribution is -0.0222. The maximum atomic E-state index is 15.5. The Bertz CT molecular complexity index is 1500. The Labute approximate surface area is 243 Å². The average Bonchev–Trinajstić information content (AvgIpc) is 2.93. The van der Waals surface area contributed by atoms with Crippen LogP contribution in [0.3, 0.4) is 0 Å². The molecule has 7 nitrogen and oxygen atoms in total. The minimum atomic E-state index is -0.836. The summed E-state index contributed by atoms with van der Waals surface area (Å²) in [7, 11) is 0. The Morgan fingerprint density at radius 1 is 0.857 bits per heavy atom. The average molecular weight is 575 g/mol. The van der Waals surface area contributed by atoms with Crippen LogP contribution in [0.2, 0.25) is 0 Å². The predicted octanol–water partition coefficient (Wildman–Crippen LogP) is 7.18. The van der Waals surface area contributed by atoms with Crippen molar-refractivity contribution < 1.29 is 32.5 Å². The number of ether oxygens (including phenoxy) is 4. The van der Waals surface area contributed by atoms with Gasteiger partial charge in [0.2, 0.25) is 11.8 Å². The zero-order valence-electron chi connectivity index (χ0n) is 23.7. The quantitative estimate of drug-likeness (QED) is 0.211. The van der Waals surface area contributed by atoms with Crippen LogP contribution < -0.4 is 14.2 Å². The van der Waals surface area contributed by atoms with E-state index in [1.807, 2.05) is 60.7 Å². The molecule has 0 bridgehead atoms. The van der Waals surface area contributed by atoms with Crippen LogP contribution in [0.4, 0.5) is 13.6 Å². The molecule has 1 amide bonds. The summed E-state index contributed by atoms with van der Waals surface area (Å²) in [6, 6.07) is 24.3. The van der Waals surface area contributed by atoms with Crippen LogP contribution in [0.1, 0.15) is 31.9 Å². The first-order chi connectivity index (χ1) is 20.1. The van der Waals surface area contributed by atoms with Crippen molar-refractivity contribution in [2.45, 2.75) is 45.7 Å². The summed E-state index contributed by atoms with van der Waals surface area (Å²) in [6.07, 6.45) is -0.864. The zero-order chi connectivity index (χ0) is 29.7. The van der Waals surface area contributed by atoms with Gasteiger partial charge in [0, 0.05) is 18.2 Å². The second kappa shape index (κ2) is 12.5. The van der Waals surface area contributed by atoms with Gasteiger partial charge in [-0.15, -0.1) is 0 Å². The van der Waals surface area contributed by atoms with Crippen molar-refractivity contribution in [1.82, 2.24) is 9.88 Å². The highest BCUT2D eigenvalue weighted by molar-refractivity contribution is 5.71. The third-order valence-electron chi connectivity index (χ3n) is 6.37. The molecule has 0 radical (unpaired) electrons. The second-order valence-electron chi connectivity index (χ2n) is 10.9. The molecular formula is C33H32F2N2O5. The third kappa shape index (κ3) is 7.34. The lowest BCUT2D eigenvalue weighted by atomic mass is 10.0. The lowest BCUT2D eigenvalue weighted by Crippen LogP contribution is -2.57. The van der Waals surface area contributed by atoms with Crippen LogP contribution in [-0.4, -0.2) is 40.8 Å². The number of nitrogens with zero attached hydrogens (tertiary/aromatic N) is 2. The van der Waals surface area contributed by atoms with E-state index in [4.69, 9.17) is 18.9 Å². The number of rotatable bonds is 9. The fourth-order valence-corrected chi connectivity index (χ4v) is 4.32. The number of benzene rings is 3. The number of hydrogen-bond donors (Lipinski definition) is 0. The van der Waals surface area contributed by atoms with E-state index < -0.39 is 29.4 Å². The van der Waals surface area contributed by atoms with Gasteiger partial charge in [-0.3, -0.25) is 0 Å². The fraction of sp³-hybridized carbons (Fsp3) is 0.273. The van der Waals surface area contributed by atoms with Gasteiger partial charge in [-0.25, -0.2) is 13.6 Å². The van der Waals surface area contributed by atoms with Gasteiger partial charge in [-0.05, 0) is 38.0 Å². The summed E-state index contributed by atoms with van der Waals surface area (Å²) in [4.78, 5) is 18.1. The molecule has 218 valence electrons. The Balaban J connectivity index is 1.33. The van der Waals surface area contributed by atoms with Gasteiger partial charge in [-0.2, -0.15) is 4.98 Å². The number of pyridine rings is 1. The van der Waals surface area contributed by atoms with Gasteiger partial charge in [0.15, 0.2) is 0 Å². The number of halogens is 2. The van der Waals surface area contributed by atoms with Gasteiger partial charge in [-0.1, -0.05) is 60.7 Å². The third-order valence-corrected chi connectivity index (χ3v) is 6.37. The molecule has 9 heteroatoms. The number of carbonyl (C=O) groups is 1. The summed E-state index contributed by atoms with van der Waals surface area (Å²) >= 11 is 0. The molecule has 1 aromatic heterocycles. The number of likely N-dealkylation sites (tertiary alicyclic amines) is 1. The first-order valence-electron chi connectivity index (χ1n) is 13.6. The Morgan fingerprint density at radius 3 is 2.00 bits per heavy atom. The van der Waals surface area contributed by atoms with Gasteiger partial charge >= 0.3 is 6.09 Å². The minimum absolute atomic E-state index is 0.0186. The van der Waals surface area contributed by atoms with E-state index in [2.05, 4.69) is 4.98 Å². The zero-order valence-corrected chi connectivity index (χ0v) is 23.7. The molecule has 0 aliphatic carbocycles. The topological polar surface area (TPSA) is 70.1 Å². The molecule has 0 atom stereocenters. The molecule has 3 aromatic carbocycles. The van der Waals surface area contributed by atoms with E-state index in [0.29, 0.717) is 0 Å². The Kier molecular flexibility index (Phi) is 8.56. The SMILES string of the molecule is CC(C)(C)OC(=O)N1CC(Oc2cc(F)c(-c3ccc(OCc4ccccc4)nc3OCc3ccccc3)c(F)c2)C1. The fourth-order valence-electron chi connectivity index (χ4n) is 4.32. The smallest absolute Gasteiger partial charge is 0.410 e. The molecule has 1 saturated heterocycles. The van der Waals surface area contributed by atoms with Crippen LogP contribution in [0.5, 0.6) is 17.5 Å². The first kappa shape index (κ1) is 28.9. The summed E-state index contributed by atoms with van der Waals surface area (Å²) in [5, 5.41) is 0. The highest BCUT2D eigenvalue weighted by Gasteiger charge is 2.35. The molecule has 5 rings (SSSR count). The van der Waals surface area contributed by atoms with Crippen molar-refractivity contribution >= 4 is 6.09 Å². The molecule has 0 N–H and O–H groups in total. The normalized spacial score (nSPS) is 13.3. The number of hydrogen-bond acceptors (Lipinski definition) is 6. The highest BCUT2D eigenvalue weighted by Crippen LogP contribution is 2.37. The van der Waals surface area contributed by atoms with E-state index in [0.717, 1.165) is 23.3 Å². The van der Waals surface area contributed by atoms with Crippen molar-refractivity contribution in [2.75, 3.05) is 13.1 Å². The molecule has 42 heavy (non-hydrogen) atoms. The maximum Gasteiger partial charge on any atom is 0.410 e. The van der Waals surface area contributed by atoms with Crippen LogP contribution in [0.15, 0.2) is 84.9 Å². The molecule has 1 fully saturated rings. The molecule has 2 heterocycles. The van der Waals surface area contributed by atoms with Crippen molar-refractivity contribution in [3.05, 3.63) is 108 Å². The van der Waals surface area contributed by atoms with Gasteiger partial charge in [0.05, 0.1) is 24.2 Å². The summed E-state index contributed by atoms with van der Waals surface area (Å²) < 4.78 is 53.8. The Morgan fingerprint density at radius 2 is 1.43 bits per heavy atom. The van der Waals surface area contributed by atoms with Gasteiger partial charge in [0.1, 0.15) is 42.3 Å². The summed E-state index contributed by atoms with van der Waals surface area (Å²) in [5.41, 5.74) is 1.04. The number of aromatic nitrogens is 1. The van der Waals surface area contributed by atoms with Gasteiger partial charge < -0.3 is 23.8 Å². The lowest BCUT2D eigenvalue weighted by Gasteiger charge is -2.39. The second-order valence-corrected chi connectivity index (χ2v) is 10.9. The first-order valence-corrected chi connectivity index (χ1v) is 13.6. The van der Waals surface area contributed by atoms with E-state index >= 15 is 8.78 Å². The molecule has 0 saturated carbocycles. The van der Waals surface area contributed by atoms with Crippen molar-refractivity contribution in [3.63, 3.8) is 0 Å². The van der Waals surface area contributed by atoms with Crippen molar-refractivity contribution in [1.29, 1.82) is 0 Å². The highest BCUT2D eigenvalue weighted by atomic mass is 19.1. The molecule has 0 unspecified atom stereocenters. The van der Waals surface area contributed by atoms with E-state index in [1.165, 1.54) is 11.0 Å². The van der Waals surface area contributed by atoms with Crippen molar-refractivity contribution in [2.24, 2.45) is 0 Å². The predicted molar refractivity (Wildman–Crippen MR) is 153 cm³/mol. The van der Waals surface area contributed by atoms with Crippen LogP contribution >= 0.6 is 0 Å². The molecule has 1 aliphatic heterocycles. The largest absolute Gasteiger partial charge is 0.487 e. The van der Waals surface area contributed by atoms with E-state index in [1.54, 1.807) is 26.8 Å². The van der Waals surface area contributed by atoms with E-state index in [9.17, 15) is 4.79 Å². The van der Waals surface area contributed by atoms with Crippen LogP contribution in [0, 0.1) is 11.6 Å². The Hall–Kier alpha value is -4.66. The minimum Gasteiger partial charge on any atom is -0.487 e. The number of amides is 1. The molecule has 4 aromatic rings. The number of carbonyl (C=O) groups excluding carboxylic acids is 1. The van der Waals surface area contributed by atoms with Gasteiger partial charge in [0.25, 0.3) is 0 Å². The molecular weight excluding hydrogens is 542 g/mol. The van der Waals surface area contributed by atoms with Crippen LogP contribution in [-0.2, 0) is 18.0 Å². The van der Waals surface area contributed by atoms with E-state index in [-0.39, 0.29) is 54.9 Å². The standard InChI is InChI=1S/C33H32F2N2O5/c1-33(2,3)42-32(38)37-18-25(19-37)41-24-16-27(34)30(28(35)17-24)26-14-15-29(39-20-22-10-6-4-7-11-22)36-31(26)40-21-23-12-8-5-9-13-23/h4-17,25H,18-21H2,1-3H3.